The van der Waals surface area contributed by atoms with Gasteiger partial charge in [0, 0.05) is 10.2 Å². The van der Waals surface area contributed by atoms with Crippen molar-refractivity contribution in [2.24, 2.45) is 0 Å². The number of hydrogen-bond acceptors (Lipinski definition) is 3. The summed E-state index contributed by atoms with van der Waals surface area (Å²) >= 11 is 5.33. The molecule has 0 atom stereocenters. The Balaban J connectivity index is 2.28. The third-order valence-electron chi connectivity index (χ3n) is 3.20. The first-order valence-electron chi connectivity index (χ1n) is 6.07. The van der Waals surface area contributed by atoms with E-state index in [1.807, 2.05) is 11.6 Å². The van der Waals surface area contributed by atoms with Gasteiger partial charge in [0.15, 0.2) is 0 Å². The molecule has 19 heavy (non-hydrogen) atoms. The van der Waals surface area contributed by atoms with Gasteiger partial charge in [-0.05, 0) is 51.0 Å². The molecular formula is C14H14BrN3S. The minimum Gasteiger partial charge on any atom is -0.218 e. The van der Waals surface area contributed by atoms with Gasteiger partial charge >= 0.3 is 0 Å². The van der Waals surface area contributed by atoms with Crippen LogP contribution in [0.15, 0.2) is 16.6 Å². The maximum atomic E-state index is 4.72. The molecule has 0 N–H and O–H groups in total. The van der Waals surface area contributed by atoms with Crippen molar-refractivity contribution in [2.75, 3.05) is 0 Å². The van der Waals surface area contributed by atoms with E-state index in [0.717, 1.165) is 22.0 Å². The van der Waals surface area contributed by atoms with E-state index in [9.17, 15) is 0 Å². The Morgan fingerprint density at radius 3 is 2.53 bits per heavy atom. The molecule has 0 unspecified atom stereocenters. The Bertz CT molecular complexity index is 786. The van der Waals surface area contributed by atoms with Gasteiger partial charge in [-0.25, -0.2) is 9.67 Å². The van der Waals surface area contributed by atoms with Crippen LogP contribution in [0.2, 0.25) is 0 Å². The van der Waals surface area contributed by atoms with E-state index in [0.29, 0.717) is 0 Å². The highest BCUT2D eigenvalue weighted by molar-refractivity contribution is 9.10. The summed E-state index contributed by atoms with van der Waals surface area (Å²) in [5.74, 6) is 0. The van der Waals surface area contributed by atoms with Crippen LogP contribution >= 0.6 is 27.3 Å². The molecule has 0 aliphatic carbocycles. The fraction of sp³-hybridized carbons (Fsp3) is 0.286. The molecule has 0 aliphatic rings. The number of benzene rings is 1. The second-order valence-electron chi connectivity index (χ2n) is 4.82. The molecule has 5 heteroatoms. The lowest BCUT2D eigenvalue weighted by atomic mass is 10.1. The van der Waals surface area contributed by atoms with Gasteiger partial charge in [-0.3, -0.25) is 0 Å². The molecule has 0 amide bonds. The minimum absolute atomic E-state index is 0.932. The first-order chi connectivity index (χ1) is 8.97. The standard InChI is InChI=1S/C14H14BrN3S/c1-7-5-11-13(10(4)12(7)15)19-14(16-11)18-9(3)6-8(2)17-18/h5-6H,1-4H3. The second-order valence-corrected chi connectivity index (χ2v) is 6.59. The van der Waals surface area contributed by atoms with Crippen molar-refractivity contribution in [1.82, 2.24) is 14.8 Å². The summed E-state index contributed by atoms with van der Waals surface area (Å²) in [5.41, 5.74) is 5.65. The van der Waals surface area contributed by atoms with Crippen LogP contribution in [0.3, 0.4) is 0 Å². The number of hydrogen-bond donors (Lipinski definition) is 0. The Hall–Kier alpha value is -1.20. The van der Waals surface area contributed by atoms with Crippen LogP contribution in [0.4, 0.5) is 0 Å². The average molecular weight is 336 g/mol. The molecule has 3 rings (SSSR count). The maximum Gasteiger partial charge on any atom is 0.211 e. The summed E-state index contributed by atoms with van der Waals surface area (Å²) in [5, 5.41) is 5.43. The van der Waals surface area contributed by atoms with Gasteiger partial charge in [-0.1, -0.05) is 27.3 Å². The number of aryl methyl sites for hydroxylation is 4. The maximum absolute atomic E-state index is 4.72. The Morgan fingerprint density at radius 2 is 1.89 bits per heavy atom. The second kappa shape index (κ2) is 4.42. The molecule has 1 aromatic carbocycles. The van der Waals surface area contributed by atoms with E-state index in [-0.39, 0.29) is 0 Å². The lowest BCUT2D eigenvalue weighted by molar-refractivity contribution is 0.828. The monoisotopic (exact) mass is 335 g/mol. The predicted molar refractivity (Wildman–Crippen MR) is 83.4 cm³/mol. The van der Waals surface area contributed by atoms with Crippen molar-refractivity contribution in [3.63, 3.8) is 0 Å². The van der Waals surface area contributed by atoms with Crippen molar-refractivity contribution in [2.45, 2.75) is 27.7 Å². The van der Waals surface area contributed by atoms with Crippen molar-refractivity contribution < 1.29 is 0 Å². The number of nitrogens with zero attached hydrogens (tertiary/aromatic N) is 3. The van der Waals surface area contributed by atoms with Crippen molar-refractivity contribution in [3.8, 4) is 5.13 Å². The number of thiazole rings is 1. The molecule has 0 aliphatic heterocycles. The molecule has 0 spiro atoms. The number of halogens is 1. The summed E-state index contributed by atoms with van der Waals surface area (Å²) in [6, 6.07) is 4.19. The number of rotatable bonds is 1. The minimum atomic E-state index is 0.932. The lowest BCUT2D eigenvalue weighted by Crippen LogP contribution is -1.97. The van der Waals surface area contributed by atoms with Gasteiger partial charge in [0.1, 0.15) is 0 Å². The van der Waals surface area contributed by atoms with E-state index in [1.54, 1.807) is 11.3 Å². The summed E-state index contributed by atoms with van der Waals surface area (Å²) in [7, 11) is 0. The van der Waals surface area contributed by atoms with E-state index in [4.69, 9.17) is 4.98 Å². The highest BCUT2D eigenvalue weighted by atomic mass is 79.9. The van der Waals surface area contributed by atoms with Crippen LogP contribution in [-0.2, 0) is 0 Å². The zero-order chi connectivity index (χ0) is 13.7. The van der Waals surface area contributed by atoms with Gasteiger partial charge in [0.25, 0.3) is 0 Å². The Kier molecular flexibility index (Phi) is 2.98. The van der Waals surface area contributed by atoms with Gasteiger partial charge in [0.05, 0.1) is 15.9 Å². The highest BCUT2D eigenvalue weighted by Crippen LogP contribution is 2.34. The summed E-state index contributed by atoms with van der Waals surface area (Å²) in [6.45, 7) is 8.28. The van der Waals surface area contributed by atoms with Gasteiger partial charge < -0.3 is 0 Å². The Morgan fingerprint density at radius 1 is 1.16 bits per heavy atom. The van der Waals surface area contributed by atoms with E-state index in [2.05, 4.69) is 53.9 Å². The normalized spacial score (nSPS) is 11.4. The summed E-state index contributed by atoms with van der Waals surface area (Å²) in [6.07, 6.45) is 0. The molecule has 0 fully saturated rings. The first kappa shape index (κ1) is 12.8. The van der Waals surface area contributed by atoms with E-state index in [1.165, 1.54) is 20.3 Å². The topological polar surface area (TPSA) is 30.7 Å². The van der Waals surface area contributed by atoms with Crippen molar-refractivity contribution in [3.05, 3.63) is 39.1 Å². The molecular weight excluding hydrogens is 322 g/mol. The van der Waals surface area contributed by atoms with Crippen molar-refractivity contribution in [1.29, 1.82) is 0 Å². The molecule has 0 saturated heterocycles. The van der Waals surface area contributed by atoms with Gasteiger partial charge in [-0.15, -0.1) is 0 Å². The molecule has 0 bridgehead atoms. The van der Waals surface area contributed by atoms with Crippen LogP contribution in [0.1, 0.15) is 22.5 Å². The number of aromatic nitrogens is 3. The molecule has 3 nitrogen and oxygen atoms in total. The van der Waals surface area contributed by atoms with Crippen molar-refractivity contribution >= 4 is 37.5 Å². The van der Waals surface area contributed by atoms with Gasteiger partial charge in [-0.2, -0.15) is 5.10 Å². The van der Waals surface area contributed by atoms with Crippen LogP contribution in [0.5, 0.6) is 0 Å². The smallest absolute Gasteiger partial charge is 0.211 e. The summed E-state index contributed by atoms with van der Waals surface area (Å²) in [4.78, 5) is 4.72. The van der Waals surface area contributed by atoms with E-state index < -0.39 is 0 Å². The van der Waals surface area contributed by atoms with Crippen LogP contribution < -0.4 is 0 Å². The zero-order valence-electron chi connectivity index (χ0n) is 11.3. The third kappa shape index (κ3) is 2.01. The molecule has 0 radical (unpaired) electrons. The third-order valence-corrected chi connectivity index (χ3v) is 5.59. The van der Waals surface area contributed by atoms with Gasteiger partial charge in [0.2, 0.25) is 5.13 Å². The average Bonchev–Trinajstić information content (AvgIpc) is 2.90. The number of fused-ring (bicyclic) bond motifs is 1. The fourth-order valence-electron chi connectivity index (χ4n) is 2.26. The quantitative estimate of drug-likeness (QED) is 0.656. The summed E-state index contributed by atoms with van der Waals surface area (Å²) < 4.78 is 4.31. The lowest BCUT2D eigenvalue weighted by Gasteiger charge is -2.02. The van der Waals surface area contributed by atoms with Crippen LogP contribution in [-0.4, -0.2) is 14.8 Å². The Labute approximate surface area is 124 Å². The SMILES string of the molecule is Cc1cc(C)n(-c2nc3cc(C)c(Br)c(C)c3s2)n1. The molecule has 98 valence electrons. The molecule has 2 heterocycles. The molecule has 2 aromatic heterocycles. The highest BCUT2D eigenvalue weighted by Gasteiger charge is 2.13. The van der Waals surface area contributed by atoms with Crippen LogP contribution in [0, 0.1) is 27.7 Å². The molecule has 0 saturated carbocycles. The predicted octanol–water partition coefficient (Wildman–Crippen LogP) is 4.48. The van der Waals surface area contributed by atoms with Crippen LogP contribution in [0.25, 0.3) is 15.3 Å². The zero-order valence-corrected chi connectivity index (χ0v) is 13.7. The largest absolute Gasteiger partial charge is 0.218 e. The first-order valence-corrected chi connectivity index (χ1v) is 7.68. The fourth-order valence-corrected chi connectivity index (χ4v) is 3.77. The van der Waals surface area contributed by atoms with E-state index >= 15 is 0 Å². The molecule has 3 aromatic rings.